The summed E-state index contributed by atoms with van der Waals surface area (Å²) in [5.74, 6) is -0.699. The number of anilines is 1. The van der Waals surface area contributed by atoms with Crippen LogP contribution in [0.2, 0.25) is 5.02 Å². The zero-order valence-corrected chi connectivity index (χ0v) is 13.3. The lowest BCUT2D eigenvalue weighted by atomic mass is 10.3. The van der Waals surface area contributed by atoms with Gasteiger partial charge in [0.1, 0.15) is 5.82 Å². The predicted octanol–water partition coefficient (Wildman–Crippen LogP) is 2.21. The number of hydrogen-bond donors (Lipinski definition) is 2. The van der Waals surface area contributed by atoms with E-state index in [9.17, 15) is 12.8 Å². The van der Waals surface area contributed by atoms with E-state index in [-0.39, 0.29) is 10.7 Å². The van der Waals surface area contributed by atoms with Gasteiger partial charge in [0, 0.05) is 24.7 Å². The minimum Gasteiger partial charge on any atom is -0.314 e. The Kier molecular flexibility index (Phi) is 5.43. The molecule has 1 aromatic rings. The number of nitrogens with zero attached hydrogens (tertiary/aromatic N) is 1. The lowest BCUT2D eigenvalue weighted by Crippen LogP contribution is -2.34. The highest BCUT2D eigenvalue weighted by Gasteiger charge is 2.21. The molecule has 1 aliphatic rings. The Balaban J connectivity index is 1.86. The number of halogens is 2. The maximum Gasteiger partial charge on any atom is 0.301 e. The fraction of sp³-hybridized carbons (Fsp3) is 0.538. The van der Waals surface area contributed by atoms with Gasteiger partial charge < -0.3 is 5.32 Å². The topological polar surface area (TPSA) is 61.4 Å². The van der Waals surface area contributed by atoms with Gasteiger partial charge in [0.2, 0.25) is 0 Å². The molecule has 8 heteroatoms. The van der Waals surface area contributed by atoms with Crippen LogP contribution in [0.1, 0.15) is 19.3 Å². The molecule has 2 N–H and O–H groups in total. The van der Waals surface area contributed by atoms with E-state index < -0.39 is 16.0 Å². The molecule has 0 amide bonds. The minimum atomic E-state index is -3.76. The van der Waals surface area contributed by atoms with E-state index in [1.165, 1.54) is 36.3 Å². The summed E-state index contributed by atoms with van der Waals surface area (Å²) in [7, 11) is -2.30. The Labute approximate surface area is 129 Å². The van der Waals surface area contributed by atoms with Gasteiger partial charge in [-0.25, -0.2) is 4.39 Å². The largest absolute Gasteiger partial charge is 0.314 e. The molecule has 0 atom stereocenters. The van der Waals surface area contributed by atoms with Gasteiger partial charge >= 0.3 is 10.2 Å². The van der Waals surface area contributed by atoms with Crippen molar-refractivity contribution in [3.05, 3.63) is 29.0 Å². The highest BCUT2D eigenvalue weighted by molar-refractivity contribution is 7.90. The van der Waals surface area contributed by atoms with E-state index >= 15 is 0 Å². The summed E-state index contributed by atoms with van der Waals surface area (Å²) < 4.78 is 41.1. The first-order chi connectivity index (χ1) is 9.88. The summed E-state index contributed by atoms with van der Waals surface area (Å²) in [5, 5.41) is 3.53. The molecule has 0 aliphatic heterocycles. The van der Waals surface area contributed by atoms with Crippen LogP contribution in [0.5, 0.6) is 0 Å². The molecule has 0 spiro atoms. The first-order valence-electron chi connectivity index (χ1n) is 6.81. The van der Waals surface area contributed by atoms with E-state index in [0.717, 1.165) is 12.6 Å². The Morgan fingerprint density at radius 2 is 2.14 bits per heavy atom. The Hall–Kier alpha value is -0.890. The van der Waals surface area contributed by atoms with Gasteiger partial charge in [-0.05, 0) is 44.0 Å². The monoisotopic (exact) mass is 335 g/mol. The number of nitrogens with one attached hydrogen (secondary N) is 2. The van der Waals surface area contributed by atoms with E-state index in [1.54, 1.807) is 0 Å². The summed E-state index contributed by atoms with van der Waals surface area (Å²) in [4.78, 5) is 0. The van der Waals surface area contributed by atoms with E-state index in [2.05, 4.69) is 10.0 Å². The molecule has 0 radical (unpaired) electrons. The molecule has 1 aromatic carbocycles. The molecule has 0 aromatic heterocycles. The lowest BCUT2D eigenvalue weighted by Gasteiger charge is -2.18. The summed E-state index contributed by atoms with van der Waals surface area (Å²) in [6, 6.07) is 4.41. The van der Waals surface area contributed by atoms with Crippen molar-refractivity contribution >= 4 is 27.5 Å². The molecular weight excluding hydrogens is 317 g/mol. The smallest absolute Gasteiger partial charge is 0.301 e. The van der Waals surface area contributed by atoms with Crippen LogP contribution in [0, 0.1) is 5.82 Å². The van der Waals surface area contributed by atoms with E-state index in [1.807, 2.05) is 0 Å². The highest BCUT2D eigenvalue weighted by atomic mass is 35.5. The predicted molar refractivity (Wildman–Crippen MR) is 82.2 cm³/mol. The number of rotatable bonds is 8. The molecule has 0 bridgehead atoms. The van der Waals surface area contributed by atoms with Crippen LogP contribution in [0.3, 0.4) is 0 Å². The third-order valence-electron chi connectivity index (χ3n) is 3.24. The Morgan fingerprint density at radius 3 is 2.76 bits per heavy atom. The second kappa shape index (κ2) is 6.91. The van der Waals surface area contributed by atoms with E-state index in [4.69, 9.17) is 11.6 Å². The van der Waals surface area contributed by atoms with Gasteiger partial charge in [-0.1, -0.05) is 11.6 Å². The van der Waals surface area contributed by atoms with E-state index in [0.29, 0.717) is 19.0 Å². The summed E-state index contributed by atoms with van der Waals surface area (Å²) in [6.45, 7) is 1.14. The molecule has 1 fully saturated rings. The molecule has 0 unspecified atom stereocenters. The second-order valence-corrected chi connectivity index (χ2v) is 7.35. The van der Waals surface area contributed by atoms with Crippen LogP contribution in [0.4, 0.5) is 10.1 Å². The van der Waals surface area contributed by atoms with Crippen LogP contribution in [-0.4, -0.2) is 38.9 Å². The average molecular weight is 336 g/mol. The third-order valence-corrected chi connectivity index (χ3v) is 4.96. The molecule has 0 saturated heterocycles. The van der Waals surface area contributed by atoms with Crippen molar-refractivity contribution in [1.82, 2.24) is 9.62 Å². The number of hydrogen-bond acceptors (Lipinski definition) is 3. The fourth-order valence-electron chi connectivity index (χ4n) is 1.80. The zero-order chi connectivity index (χ0) is 15.5. The first-order valence-corrected chi connectivity index (χ1v) is 8.63. The SMILES string of the molecule is CN(CCCNC1CC1)S(=O)(=O)Nc1ccc(Cl)cc1F. The van der Waals surface area contributed by atoms with Crippen molar-refractivity contribution in [2.24, 2.45) is 0 Å². The van der Waals surface area contributed by atoms with Crippen molar-refractivity contribution in [1.29, 1.82) is 0 Å². The molecule has 1 saturated carbocycles. The summed E-state index contributed by atoms with van der Waals surface area (Å²) in [5.41, 5.74) is -0.109. The Morgan fingerprint density at radius 1 is 1.43 bits per heavy atom. The van der Waals surface area contributed by atoms with Gasteiger partial charge in [-0.15, -0.1) is 0 Å². The molecule has 0 heterocycles. The van der Waals surface area contributed by atoms with Gasteiger partial charge in [0.15, 0.2) is 0 Å². The standard InChI is InChI=1S/C13H19ClFN3O2S/c1-18(8-2-7-16-11-4-5-11)21(19,20)17-13-6-3-10(14)9-12(13)15/h3,6,9,11,16-17H,2,4-5,7-8H2,1H3. The molecule has 21 heavy (non-hydrogen) atoms. The molecule has 1 aliphatic carbocycles. The van der Waals surface area contributed by atoms with Crippen LogP contribution >= 0.6 is 11.6 Å². The minimum absolute atomic E-state index is 0.109. The van der Waals surface area contributed by atoms with Gasteiger partial charge in [-0.2, -0.15) is 12.7 Å². The van der Waals surface area contributed by atoms with Crippen LogP contribution in [-0.2, 0) is 10.2 Å². The summed E-state index contributed by atoms with van der Waals surface area (Å²) in [6.07, 6.45) is 3.11. The molecule has 5 nitrogen and oxygen atoms in total. The molecular formula is C13H19ClFN3O2S. The normalized spacial score (nSPS) is 15.4. The van der Waals surface area contributed by atoms with Crippen molar-refractivity contribution in [3.8, 4) is 0 Å². The van der Waals surface area contributed by atoms with Gasteiger partial charge in [0.05, 0.1) is 5.69 Å². The van der Waals surface area contributed by atoms with Gasteiger partial charge in [-0.3, -0.25) is 4.72 Å². The maximum absolute atomic E-state index is 13.6. The quantitative estimate of drug-likeness (QED) is 0.716. The Bertz CT molecular complexity index is 593. The van der Waals surface area contributed by atoms with Crippen LogP contribution in [0.25, 0.3) is 0 Å². The number of benzene rings is 1. The van der Waals surface area contributed by atoms with Gasteiger partial charge in [0.25, 0.3) is 0 Å². The van der Waals surface area contributed by atoms with Crippen LogP contribution in [0.15, 0.2) is 18.2 Å². The molecule has 118 valence electrons. The molecule has 2 rings (SSSR count). The zero-order valence-electron chi connectivity index (χ0n) is 11.8. The lowest BCUT2D eigenvalue weighted by molar-refractivity contribution is 0.457. The average Bonchev–Trinajstić information content (AvgIpc) is 3.22. The van der Waals surface area contributed by atoms with Crippen molar-refractivity contribution in [2.75, 3.05) is 24.9 Å². The fourth-order valence-corrected chi connectivity index (χ4v) is 2.93. The van der Waals surface area contributed by atoms with Crippen LogP contribution < -0.4 is 10.0 Å². The van der Waals surface area contributed by atoms with Crippen molar-refractivity contribution < 1.29 is 12.8 Å². The van der Waals surface area contributed by atoms with Crippen molar-refractivity contribution in [2.45, 2.75) is 25.3 Å². The van der Waals surface area contributed by atoms with Crippen molar-refractivity contribution in [3.63, 3.8) is 0 Å². The summed E-state index contributed by atoms with van der Waals surface area (Å²) >= 11 is 5.63. The second-order valence-electron chi connectivity index (χ2n) is 5.13. The highest BCUT2D eigenvalue weighted by Crippen LogP contribution is 2.20. The maximum atomic E-state index is 13.6. The first kappa shape index (κ1) is 16.5. The third kappa shape index (κ3) is 5.10.